The first-order valence-corrected chi connectivity index (χ1v) is 10.0. The number of amides is 2. The number of ether oxygens (including phenoxy) is 2. The SMILES string of the molecule is COc1ccc(C2CN(C(=O)c3ccccc3)CC2C(=O)N2CCOCC2)cc1. The highest BCUT2D eigenvalue weighted by Crippen LogP contribution is 2.35. The van der Waals surface area contributed by atoms with Crippen molar-refractivity contribution in [2.75, 3.05) is 46.5 Å². The topological polar surface area (TPSA) is 59.1 Å². The fourth-order valence-corrected chi connectivity index (χ4v) is 4.19. The van der Waals surface area contributed by atoms with E-state index in [9.17, 15) is 9.59 Å². The Morgan fingerprint density at radius 3 is 2.28 bits per heavy atom. The Balaban J connectivity index is 1.59. The molecule has 152 valence electrons. The minimum Gasteiger partial charge on any atom is -0.497 e. The third-order valence-electron chi connectivity index (χ3n) is 5.81. The fourth-order valence-electron chi connectivity index (χ4n) is 4.19. The molecule has 2 fully saturated rings. The quantitative estimate of drug-likeness (QED) is 0.799. The van der Waals surface area contributed by atoms with Crippen LogP contribution in [0.5, 0.6) is 5.75 Å². The Hall–Kier alpha value is -2.86. The van der Waals surface area contributed by atoms with E-state index >= 15 is 0 Å². The van der Waals surface area contributed by atoms with E-state index in [-0.39, 0.29) is 23.7 Å². The van der Waals surface area contributed by atoms with Gasteiger partial charge in [-0.05, 0) is 29.8 Å². The number of hydrogen-bond acceptors (Lipinski definition) is 4. The van der Waals surface area contributed by atoms with Gasteiger partial charge in [-0.25, -0.2) is 0 Å². The van der Waals surface area contributed by atoms with E-state index in [0.717, 1.165) is 11.3 Å². The first kappa shape index (κ1) is 19.5. The van der Waals surface area contributed by atoms with Crippen LogP contribution in [-0.2, 0) is 9.53 Å². The van der Waals surface area contributed by atoms with E-state index in [1.807, 2.05) is 64.4 Å². The van der Waals surface area contributed by atoms with Gasteiger partial charge in [0.05, 0.1) is 26.2 Å². The van der Waals surface area contributed by atoms with Crippen molar-refractivity contribution in [1.82, 2.24) is 9.80 Å². The first-order valence-electron chi connectivity index (χ1n) is 10.0. The maximum Gasteiger partial charge on any atom is 0.253 e. The molecular weight excluding hydrogens is 368 g/mol. The second kappa shape index (κ2) is 8.66. The van der Waals surface area contributed by atoms with Gasteiger partial charge < -0.3 is 19.3 Å². The number of rotatable bonds is 4. The van der Waals surface area contributed by atoms with Gasteiger partial charge in [0.2, 0.25) is 5.91 Å². The zero-order valence-corrected chi connectivity index (χ0v) is 16.6. The van der Waals surface area contributed by atoms with E-state index < -0.39 is 0 Å². The summed E-state index contributed by atoms with van der Waals surface area (Å²) < 4.78 is 10.7. The fraction of sp³-hybridized carbons (Fsp3) is 0.391. The third-order valence-corrected chi connectivity index (χ3v) is 5.81. The summed E-state index contributed by atoms with van der Waals surface area (Å²) in [6.07, 6.45) is 0. The molecule has 2 aromatic rings. The van der Waals surface area contributed by atoms with Gasteiger partial charge in [-0.2, -0.15) is 0 Å². The average Bonchev–Trinajstić information content (AvgIpc) is 3.24. The van der Waals surface area contributed by atoms with Crippen LogP contribution >= 0.6 is 0 Å². The third kappa shape index (κ3) is 4.12. The molecule has 2 aromatic carbocycles. The van der Waals surface area contributed by atoms with Crippen molar-refractivity contribution in [3.8, 4) is 5.75 Å². The molecule has 4 rings (SSSR count). The number of morpholine rings is 1. The molecular formula is C23H26N2O4. The van der Waals surface area contributed by atoms with Crippen LogP contribution in [0.1, 0.15) is 21.8 Å². The van der Waals surface area contributed by atoms with Gasteiger partial charge in [0, 0.05) is 37.7 Å². The summed E-state index contributed by atoms with van der Waals surface area (Å²) in [6.45, 7) is 3.31. The molecule has 0 aliphatic carbocycles. The number of hydrogen-bond donors (Lipinski definition) is 0. The molecule has 2 heterocycles. The second-order valence-electron chi connectivity index (χ2n) is 7.50. The second-order valence-corrected chi connectivity index (χ2v) is 7.50. The van der Waals surface area contributed by atoms with Gasteiger partial charge in [0.15, 0.2) is 0 Å². The highest BCUT2D eigenvalue weighted by Gasteiger charge is 2.42. The van der Waals surface area contributed by atoms with Crippen LogP contribution in [0, 0.1) is 5.92 Å². The Bertz CT molecular complexity index is 847. The van der Waals surface area contributed by atoms with Gasteiger partial charge >= 0.3 is 0 Å². The Morgan fingerprint density at radius 2 is 1.62 bits per heavy atom. The monoisotopic (exact) mass is 394 g/mol. The molecule has 0 spiro atoms. The molecule has 0 saturated carbocycles. The van der Waals surface area contributed by atoms with Crippen molar-refractivity contribution in [1.29, 1.82) is 0 Å². The smallest absolute Gasteiger partial charge is 0.253 e. The van der Waals surface area contributed by atoms with Crippen molar-refractivity contribution in [2.24, 2.45) is 5.92 Å². The molecule has 6 heteroatoms. The minimum absolute atomic E-state index is 0.0265. The van der Waals surface area contributed by atoms with Crippen molar-refractivity contribution >= 4 is 11.8 Å². The molecule has 2 unspecified atom stereocenters. The lowest BCUT2D eigenvalue weighted by Crippen LogP contribution is -2.45. The van der Waals surface area contributed by atoms with Crippen LogP contribution in [0.2, 0.25) is 0 Å². The Labute approximate surface area is 171 Å². The zero-order chi connectivity index (χ0) is 20.2. The summed E-state index contributed by atoms with van der Waals surface area (Å²) in [7, 11) is 1.63. The summed E-state index contributed by atoms with van der Waals surface area (Å²) in [5.74, 6) is 0.567. The molecule has 0 aromatic heterocycles. The molecule has 2 aliphatic rings. The van der Waals surface area contributed by atoms with Gasteiger partial charge in [0.25, 0.3) is 5.91 Å². The molecule has 2 atom stereocenters. The van der Waals surface area contributed by atoms with Gasteiger partial charge in [-0.15, -0.1) is 0 Å². The molecule has 29 heavy (non-hydrogen) atoms. The lowest BCUT2D eigenvalue weighted by molar-refractivity contribution is -0.139. The summed E-state index contributed by atoms with van der Waals surface area (Å²) in [5.41, 5.74) is 1.71. The first-order chi connectivity index (χ1) is 14.2. The van der Waals surface area contributed by atoms with Crippen LogP contribution in [-0.4, -0.2) is 68.1 Å². The van der Waals surface area contributed by atoms with Crippen LogP contribution in [0.25, 0.3) is 0 Å². The maximum absolute atomic E-state index is 13.3. The van der Waals surface area contributed by atoms with Crippen LogP contribution in [0.3, 0.4) is 0 Å². The highest BCUT2D eigenvalue weighted by atomic mass is 16.5. The number of benzene rings is 2. The predicted molar refractivity (Wildman–Crippen MR) is 109 cm³/mol. The lowest BCUT2D eigenvalue weighted by Gasteiger charge is -2.30. The summed E-state index contributed by atoms with van der Waals surface area (Å²) >= 11 is 0. The van der Waals surface area contributed by atoms with Crippen molar-refractivity contribution in [2.45, 2.75) is 5.92 Å². The van der Waals surface area contributed by atoms with E-state index in [2.05, 4.69) is 0 Å². The molecule has 2 saturated heterocycles. The van der Waals surface area contributed by atoms with Gasteiger partial charge in [-0.1, -0.05) is 30.3 Å². The number of methoxy groups -OCH3 is 1. The summed E-state index contributed by atoms with van der Waals surface area (Å²) in [5, 5.41) is 0. The highest BCUT2D eigenvalue weighted by molar-refractivity contribution is 5.95. The number of likely N-dealkylation sites (tertiary alicyclic amines) is 1. The zero-order valence-electron chi connectivity index (χ0n) is 16.6. The summed E-state index contributed by atoms with van der Waals surface area (Å²) in [6, 6.07) is 17.1. The number of nitrogens with zero attached hydrogens (tertiary/aromatic N) is 2. The van der Waals surface area contributed by atoms with Gasteiger partial charge in [-0.3, -0.25) is 9.59 Å². The lowest BCUT2D eigenvalue weighted by atomic mass is 9.88. The normalized spacial score (nSPS) is 21.8. The maximum atomic E-state index is 13.3. The standard InChI is InChI=1S/C23H26N2O4/c1-28-19-9-7-17(8-10-19)20-15-25(22(26)18-5-3-2-4-6-18)16-21(20)23(27)24-11-13-29-14-12-24/h2-10,20-21H,11-16H2,1H3. The van der Waals surface area contributed by atoms with E-state index in [1.165, 1.54) is 0 Å². The number of carbonyl (C=O) groups is 2. The molecule has 2 aliphatic heterocycles. The van der Waals surface area contributed by atoms with Crippen LogP contribution in [0.4, 0.5) is 0 Å². The molecule has 0 radical (unpaired) electrons. The number of carbonyl (C=O) groups excluding carboxylic acids is 2. The van der Waals surface area contributed by atoms with Crippen LogP contribution in [0.15, 0.2) is 54.6 Å². The molecule has 2 amide bonds. The van der Waals surface area contributed by atoms with E-state index in [1.54, 1.807) is 7.11 Å². The Morgan fingerprint density at radius 1 is 0.931 bits per heavy atom. The molecule has 0 bridgehead atoms. The van der Waals surface area contributed by atoms with E-state index in [0.29, 0.717) is 45.0 Å². The average molecular weight is 394 g/mol. The minimum atomic E-state index is -0.255. The van der Waals surface area contributed by atoms with Crippen LogP contribution < -0.4 is 4.74 Å². The molecule has 0 N–H and O–H groups in total. The van der Waals surface area contributed by atoms with Crippen molar-refractivity contribution in [3.63, 3.8) is 0 Å². The van der Waals surface area contributed by atoms with Crippen molar-refractivity contribution in [3.05, 3.63) is 65.7 Å². The largest absolute Gasteiger partial charge is 0.497 e. The van der Waals surface area contributed by atoms with Crippen molar-refractivity contribution < 1.29 is 19.1 Å². The van der Waals surface area contributed by atoms with E-state index in [4.69, 9.17) is 9.47 Å². The molecule has 6 nitrogen and oxygen atoms in total. The van der Waals surface area contributed by atoms with Gasteiger partial charge in [0.1, 0.15) is 5.75 Å². The predicted octanol–water partition coefficient (Wildman–Crippen LogP) is 2.41. The Kier molecular flexibility index (Phi) is 5.81. The summed E-state index contributed by atoms with van der Waals surface area (Å²) in [4.78, 5) is 30.0.